The van der Waals surface area contributed by atoms with E-state index in [1.54, 1.807) is 7.11 Å². The molecule has 0 radical (unpaired) electrons. The van der Waals surface area contributed by atoms with Crippen molar-refractivity contribution in [1.82, 2.24) is 0 Å². The van der Waals surface area contributed by atoms with E-state index in [0.29, 0.717) is 0 Å². The van der Waals surface area contributed by atoms with E-state index in [9.17, 15) is 0 Å². The smallest absolute Gasteiger partial charge is 0.133 e. The van der Waals surface area contributed by atoms with Gasteiger partial charge in [-0.05, 0) is 12.5 Å². The van der Waals surface area contributed by atoms with Crippen molar-refractivity contribution in [3.8, 4) is 16.9 Å². The lowest BCUT2D eigenvalue weighted by molar-refractivity contribution is 0.415. The summed E-state index contributed by atoms with van der Waals surface area (Å²) in [6.07, 6.45) is 4.08. The Kier molecular flexibility index (Phi) is 3.61. The molecule has 0 aliphatic carbocycles. The third-order valence-electron chi connectivity index (χ3n) is 2.68. The van der Waals surface area contributed by atoms with Crippen LogP contribution in [0, 0.1) is 0 Å². The van der Waals surface area contributed by atoms with Gasteiger partial charge in [-0.15, -0.1) is 0 Å². The molecule has 0 unspecified atom stereocenters. The molecule has 0 amide bonds. The van der Waals surface area contributed by atoms with E-state index in [0.717, 1.165) is 16.9 Å². The molecule has 0 aromatic heterocycles. The van der Waals surface area contributed by atoms with Crippen LogP contribution in [0.5, 0.6) is 5.75 Å². The topological polar surface area (TPSA) is 9.23 Å². The van der Waals surface area contributed by atoms with Crippen LogP contribution < -0.4 is 4.74 Å². The number of ether oxygens (including phenoxy) is 1. The maximum absolute atomic E-state index is 5.53. The van der Waals surface area contributed by atoms with Crippen LogP contribution in [0.2, 0.25) is 0 Å². The molecule has 0 heterocycles. The van der Waals surface area contributed by atoms with Gasteiger partial charge in [-0.1, -0.05) is 60.7 Å². The molecule has 0 spiro atoms. The van der Waals surface area contributed by atoms with Crippen LogP contribution in [0.25, 0.3) is 17.2 Å². The standard InChI is InChI=1S/C16H16O/c1-3-8-14-11-7-12-15(16(14)17-2)13-9-5-4-6-10-13/h3-12H,1-2H3. The summed E-state index contributed by atoms with van der Waals surface area (Å²) in [5.74, 6) is 0.928. The summed E-state index contributed by atoms with van der Waals surface area (Å²) in [5, 5.41) is 0. The monoisotopic (exact) mass is 224 g/mol. The summed E-state index contributed by atoms with van der Waals surface area (Å²) in [6, 6.07) is 16.5. The highest BCUT2D eigenvalue weighted by Gasteiger charge is 2.08. The van der Waals surface area contributed by atoms with Crippen molar-refractivity contribution in [2.45, 2.75) is 6.92 Å². The second-order valence-electron chi connectivity index (χ2n) is 3.79. The van der Waals surface area contributed by atoms with Gasteiger partial charge in [0.2, 0.25) is 0 Å². The highest BCUT2D eigenvalue weighted by molar-refractivity contribution is 5.76. The molecule has 2 aromatic rings. The van der Waals surface area contributed by atoms with Gasteiger partial charge in [-0.2, -0.15) is 0 Å². The molecule has 0 bridgehead atoms. The second kappa shape index (κ2) is 5.35. The predicted octanol–water partition coefficient (Wildman–Crippen LogP) is 4.40. The SMILES string of the molecule is CC=Cc1cccc(-c2ccccc2)c1OC. The van der Waals surface area contributed by atoms with E-state index in [4.69, 9.17) is 4.74 Å². The summed E-state index contributed by atoms with van der Waals surface area (Å²) in [4.78, 5) is 0. The normalized spacial score (nSPS) is 10.7. The Bertz CT molecular complexity index is 512. The van der Waals surface area contributed by atoms with Gasteiger partial charge in [-0.25, -0.2) is 0 Å². The fraction of sp³-hybridized carbons (Fsp3) is 0.125. The van der Waals surface area contributed by atoms with Crippen molar-refractivity contribution >= 4 is 6.08 Å². The van der Waals surface area contributed by atoms with Crippen molar-refractivity contribution in [2.24, 2.45) is 0 Å². The number of rotatable bonds is 3. The largest absolute Gasteiger partial charge is 0.495 e. The van der Waals surface area contributed by atoms with Gasteiger partial charge in [0.15, 0.2) is 0 Å². The summed E-state index contributed by atoms with van der Waals surface area (Å²) in [7, 11) is 1.72. The minimum absolute atomic E-state index is 0.928. The lowest BCUT2D eigenvalue weighted by Gasteiger charge is -2.11. The van der Waals surface area contributed by atoms with Gasteiger partial charge < -0.3 is 4.74 Å². The molecule has 0 saturated carbocycles. The van der Waals surface area contributed by atoms with Crippen LogP contribution in [0.3, 0.4) is 0 Å². The van der Waals surface area contributed by atoms with Gasteiger partial charge in [0, 0.05) is 11.1 Å². The van der Waals surface area contributed by atoms with Crippen molar-refractivity contribution in [1.29, 1.82) is 0 Å². The van der Waals surface area contributed by atoms with Crippen molar-refractivity contribution < 1.29 is 4.74 Å². The predicted molar refractivity (Wildman–Crippen MR) is 73.1 cm³/mol. The quantitative estimate of drug-likeness (QED) is 0.751. The van der Waals surface area contributed by atoms with E-state index < -0.39 is 0 Å². The number of benzene rings is 2. The van der Waals surface area contributed by atoms with E-state index in [1.165, 1.54) is 5.56 Å². The zero-order valence-electron chi connectivity index (χ0n) is 10.2. The van der Waals surface area contributed by atoms with Gasteiger partial charge in [0.1, 0.15) is 5.75 Å². The van der Waals surface area contributed by atoms with Gasteiger partial charge >= 0.3 is 0 Å². The Hall–Kier alpha value is -2.02. The number of methoxy groups -OCH3 is 1. The Balaban J connectivity index is 2.58. The van der Waals surface area contributed by atoms with Crippen LogP contribution in [0.4, 0.5) is 0 Å². The third kappa shape index (κ3) is 2.39. The average molecular weight is 224 g/mol. The maximum atomic E-state index is 5.53. The average Bonchev–Trinajstić information content (AvgIpc) is 2.40. The first-order chi connectivity index (χ1) is 8.36. The maximum Gasteiger partial charge on any atom is 0.133 e. The highest BCUT2D eigenvalue weighted by Crippen LogP contribution is 2.33. The van der Waals surface area contributed by atoms with E-state index in [2.05, 4.69) is 36.4 Å². The summed E-state index contributed by atoms with van der Waals surface area (Å²) >= 11 is 0. The number of hydrogen-bond donors (Lipinski definition) is 0. The Morgan fingerprint density at radius 1 is 0.941 bits per heavy atom. The third-order valence-corrected chi connectivity index (χ3v) is 2.68. The molecule has 86 valence electrons. The summed E-state index contributed by atoms with van der Waals surface area (Å²) < 4.78 is 5.53. The van der Waals surface area contributed by atoms with Gasteiger partial charge in [-0.3, -0.25) is 0 Å². The Morgan fingerprint density at radius 2 is 1.71 bits per heavy atom. The van der Waals surface area contributed by atoms with Crippen LogP contribution in [-0.2, 0) is 0 Å². The number of para-hydroxylation sites is 1. The Labute approximate surface area is 102 Å². The van der Waals surface area contributed by atoms with Crippen LogP contribution in [-0.4, -0.2) is 7.11 Å². The zero-order chi connectivity index (χ0) is 12.1. The zero-order valence-corrected chi connectivity index (χ0v) is 10.2. The summed E-state index contributed by atoms with van der Waals surface area (Å²) in [5.41, 5.74) is 3.41. The molecular formula is C16H16O. The van der Waals surface area contributed by atoms with Gasteiger partial charge in [0.05, 0.1) is 7.11 Å². The minimum atomic E-state index is 0.928. The molecule has 2 rings (SSSR count). The van der Waals surface area contributed by atoms with Crippen molar-refractivity contribution in [3.63, 3.8) is 0 Å². The molecule has 0 aliphatic heterocycles. The highest BCUT2D eigenvalue weighted by atomic mass is 16.5. The lowest BCUT2D eigenvalue weighted by atomic mass is 10.0. The first kappa shape index (κ1) is 11.5. The second-order valence-corrected chi connectivity index (χ2v) is 3.79. The first-order valence-corrected chi connectivity index (χ1v) is 5.72. The fourth-order valence-corrected chi connectivity index (χ4v) is 1.94. The molecule has 0 saturated heterocycles. The van der Waals surface area contributed by atoms with Crippen LogP contribution in [0.15, 0.2) is 54.6 Å². The van der Waals surface area contributed by atoms with Crippen LogP contribution in [0.1, 0.15) is 12.5 Å². The van der Waals surface area contributed by atoms with E-state index in [-0.39, 0.29) is 0 Å². The molecule has 17 heavy (non-hydrogen) atoms. The summed E-state index contributed by atoms with van der Waals surface area (Å²) in [6.45, 7) is 2.01. The molecule has 0 aliphatic rings. The van der Waals surface area contributed by atoms with Crippen LogP contribution >= 0.6 is 0 Å². The molecule has 0 atom stereocenters. The van der Waals surface area contributed by atoms with Gasteiger partial charge in [0.25, 0.3) is 0 Å². The van der Waals surface area contributed by atoms with Crippen molar-refractivity contribution in [3.05, 3.63) is 60.2 Å². The number of hydrogen-bond acceptors (Lipinski definition) is 1. The fourth-order valence-electron chi connectivity index (χ4n) is 1.94. The lowest BCUT2D eigenvalue weighted by Crippen LogP contribution is -1.91. The first-order valence-electron chi connectivity index (χ1n) is 5.72. The molecule has 1 heteroatoms. The minimum Gasteiger partial charge on any atom is -0.495 e. The Morgan fingerprint density at radius 3 is 2.35 bits per heavy atom. The van der Waals surface area contributed by atoms with E-state index >= 15 is 0 Å². The number of allylic oxidation sites excluding steroid dienone is 1. The molecule has 2 aromatic carbocycles. The molecule has 0 N–H and O–H groups in total. The molecular weight excluding hydrogens is 208 g/mol. The molecule has 0 fully saturated rings. The van der Waals surface area contributed by atoms with E-state index in [1.807, 2.05) is 31.2 Å². The molecule has 1 nitrogen and oxygen atoms in total. The van der Waals surface area contributed by atoms with Crippen molar-refractivity contribution in [2.75, 3.05) is 7.11 Å².